The molecule has 0 saturated carbocycles. The van der Waals surface area contributed by atoms with Crippen LogP contribution in [0.2, 0.25) is 0 Å². The van der Waals surface area contributed by atoms with Crippen LogP contribution in [0.25, 0.3) is 28.0 Å². The van der Waals surface area contributed by atoms with Crippen LogP contribution in [0.3, 0.4) is 0 Å². The maximum absolute atomic E-state index is 6.08. The van der Waals surface area contributed by atoms with Gasteiger partial charge >= 0.3 is 0 Å². The summed E-state index contributed by atoms with van der Waals surface area (Å²) in [5.41, 5.74) is 4.46. The van der Waals surface area contributed by atoms with Crippen LogP contribution in [0, 0.1) is 0 Å². The lowest BCUT2D eigenvalue weighted by Gasteiger charge is -2.25. The van der Waals surface area contributed by atoms with Crippen LogP contribution < -0.4 is 4.90 Å². The normalized spacial score (nSPS) is 24.2. The van der Waals surface area contributed by atoms with E-state index in [1.54, 1.807) is 11.3 Å². The molecule has 3 aromatic rings. The van der Waals surface area contributed by atoms with Crippen LogP contribution in [0.5, 0.6) is 0 Å². The minimum absolute atomic E-state index is 0.386. The monoisotopic (exact) mass is 362 g/mol. The number of hydrogen-bond acceptors (Lipinski definition) is 5. The number of ether oxygens (including phenoxy) is 1. The summed E-state index contributed by atoms with van der Waals surface area (Å²) < 4.78 is 11.8. The number of rotatable bonds is 3. The van der Waals surface area contributed by atoms with Crippen LogP contribution >= 0.6 is 11.3 Å². The van der Waals surface area contributed by atoms with E-state index in [4.69, 9.17) is 14.1 Å². The number of anilines is 1. The topological polar surface area (TPSA) is 38.5 Å². The van der Waals surface area contributed by atoms with Crippen LogP contribution in [-0.2, 0) is 4.74 Å². The summed E-state index contributed by atoms with van der Waals surface area (Å²) >= 11 is 1.70. The number of allylic oxidation sites excluding steroid dienone is 4. The molecule has 4 heterocycles. The van der Waals surface area contributed by atoms with E-state index in [-0.39, 0.29) is 0 Å². The molecule has 2 aliphatic heterocycles. The van der Waals surface area contributed by atoms with Gasteiger partial charge in [-0.3, -0.25) is 0 Å². The Morgan fingerprint density at radius 2 is 2.23 bits per heavy atom. The molecule has 2 saturated heterocycles. The van der Waals surface area contributed by atoms with E-state index in [2.05, 4.69) is 52.8 Å². The Morgan fingerprint density at radius 1 is 1.23 bits per heavy atom. The molecule has 2 bridgehead atoms. The average molecular weight is 362 g/mol. The zero-order valence-electron chi connectivity index (χ0n) is 14.2. The SMILES string of the molecule is C1=CCC(c2ccc3oc(-c4csc(N5CC6CC5CO6)n4)cc3c2)=C1. The van der Waals surface area contributed by atoms with Crippen LogP contribution in [0.1, 0.15) is 18.4 Å². The Balaban J connectivity index is 1.32. The Kier molecular flexibility index (Phi) is 3.16. The van der Waals surface area contributed by atoms with E-state index in [0.29, 0.717) is 12.1 Å². The van der Waals surface area contributed by atoms with E-state index in [0.717, 1.165) is 53.5 Å². The fourth-order valence-electron chi connectivity index (χ4n) is 4.17. The molecule has 6 rings (SSSR count). The smallest absolute Gasteiger partial charge is 0.186 e. The fourth-order valence-corrected chi connectivity index (χ4v) is 5.07. The lowest BCUT2D eigenvalue weighted by atomic mass is 10.0. The van der Waals surface area contributed by atoms with E-state index in [9.17, 15) is 0 Å². The van der Waals surface area contributed by atoms with Crippen molar-refractivity contribution in [1.29, 1.82) is 0 Å². The summed E-state index contributed by atoms with van der Waals surface area (Å²) in [7, 11) is 0. The van der Waals surface area contributed by atoms with Crippen molar-refractivity contribution in [2.45, 2.75) is 25.0 Å². The summed E-state index contributed by atoms with van der Waals surface area (Å²) in [6, 6.07) is 9.02. The van der Waals surface area contributed by atoms with Crippen LogP contribution in [0.15, 0.2) is 52.3 Å². The zero-order valence-corrected chi connectivity index (χ0v) is 15.0. The quantitative estimate of drug-likeness (QED) is 0.666. The highest BCUT2D eigenvalue weighted by Gasteiger charge is 2.40. The van der Waals surface area contributed by atoms with Gasteiger partial charge in [-0.05, 0) is 42.2 Å². The third-order valence-corrected chi connectivity index (χ3v) is 6.43. The first kappa shape index (κ1) is 14.8. The molecule has 0 amide bonds. The maximum Gasteiger partial charge on any atom is 0.186 e. The molecule has 3 aliphatic rings. The number of aromatic nitrogens is 1. The van der Waals surface area contributed by atoms with Gasteiger partial charge in [0.2, 0.25) is 0 Å². The fraction of sp³-hybridized carbons (Fsp3) is 0.286. The minimum atomic E-state index is 0.386. The minimum Gasteiger partial charge on any atom is -0.454 e. The summed E-state index contributed by atoms with van der Waals surface area (Å²) in [6.07, 6.45) is 9.01. The second-order valence-electron chi connectivity index (χ2n) is 7.20. The van der Waals surface area contributed by atoms with Crippen molar-refractivity contribution < 1.29 is 9.15 Å². The van der Waals surface area contributed by atoms with Gasteiger partial charge in [0, 0.05) is 17.3 Å². The van der Waals surface area contributed by atoms with Gasteiger partial charge in [0.25, 0.3) is 0 Å². The van der Waals surface area contributed by atoms with Crippen molar-refractivity contribution >= 4 is 33.0 Å². The van der Waals surface area contributed by atoms with Crippen LogP contribution in [0.4, 0.5) is 5.13 Å². The molecule has 2 unspecified atom stereocenters. The average Bonchev–Trinajstić information content (AvgIpc) is 3.49. The number of fused-ring (bicyclic) bond motifs is 3. The molecular weight excluding hydrogens is 344 g/mol. The van der Waals surface area contributed by atoms with Crippen molar-refractivity contribution in [2.75, 3.05) is 18.1 Å². The highest BCUT2D eigenvalue weighted by Crippen LogP contribution is 2.37. The predicted octanol–water partition coefficient (Wildman–Crippen LogP) is 4.88. The number of morpholine rings is 1. The highest BCUT2D eigenvalue weighted by molar-refractivity contribution is 7.14. The number of thiazole rings is 1. The Bertz CT molecular complexity index is 1060. The maximum atomic E-state index is 6.08. The third kappa shape index (κ3) is 2.27. The molecule has 5 heteroatoms. The number of nitrogens with zero attached hydrogens (tertiary/aromatic N) is 2. The largest absolute Gasteiger partial charge is 0.454 e. The molecule has 4 nitrogen and oxygen atoms in total. The lowest BCUT2D eigenvalue weighted by molar-refractivity contribution is 0.0991. The Hall–Kier alpha value is -2.37. The summed E-state index contributed by atoms with van der Waals surface area (Å²) in [5.74, 6) is 0.846. The van der Waals surface area contributed by atoms with Crippen molar-refractivity contribution in [3.8, 4) is 11.5 Å². The molecule has 2 fully saturated rings. The van der Waals surface area contributed by atoms with E-state index >= 15 is 0 Å². The molecule has 0 N–H and O–H groups in total. The van der Waals surface area contributed by atoms with Gasteiger partial charge in [0.15, 0.2) is 10.9 Å². The van der Waals surface area contributed by atoms with Gasteiger partial charge in [0.05, 0.1) is 18.8 Å². The molecule has 130 valence electrons. The first-order valence-electron chi connectivity index (χ1n) is 9.07. The first-order chi connectivity index (χ1) is 12.8. The number of benzene rings is 1. The van der Waals surface area contributed by atoms with Crippen molar-refractivity contribution in [3.63, 3.8) is 0 Å². The second-order valence-corrected chi connectivity index (χ2v) is 8.04. The van der Waals surface area contributed by atoms with Gasteiger partial charge in [-0.2, -0.15) is 0 Å². The van der Waals surface area contributed by atoms with Gasteiger partial charge in [-0.25, -0.2) is 4.98 Å². The lowest BCUT2D eigenvalue weighted by Crippen LogP contribution is -2.36. The number of hydrogen-bond donors (Lipinski definition) is 0. The van der Waals surface area contributed by atoms with Gasteiger partial charge in [-0.15, -0.1) is 11.3 Å². The first-order valence-corrected chi connectivity index (χ1v) is 9.95. The molecule has 26 heavy (non-hydrogen) atoms. The number of furan rings is 1. The van der Waals surface area contributed by atoms with Crippen LogP contribution in [-0.4, -0.2) is 30.3 Å². The predicted molar refractivity (Wildman–Crippen MR) is 105 cm³/mol. The third-order valence-electron chi connectivity index (χ3n) is 5.55. The Morgan fingerprint density at radius 3 is 3.04 bits per heavy atom. The zero-order chi connectivity index (χ0) is 17.1. The van der Waals surface area contributed by atoms with Gasteiger partial charge in [-0.1, -0.05) is 24.3 Å². The van der Waals surface area contributed by atoms with Gasteiger partial charge < -0.3 is 14.1 Å². The van der Waals surface area contributed by atoms with Crippen molar-refractivity contribution in [1.82, 2.24) is 4.98 Å². The van der Waals surface area contributed by atoms with Gasteiger partial charge in [0.1, 0.15) is 11.3 Å². The molecule has 1 aromatic carbocycles. The molecular formula is C21H18N2O2S. The van der Waals surface area contributed by atoms with Crippen molar-refractivity contribution in [3.05, 3.63) is 53.4 Å². The summed E-state index contributed by atoms with van der Waals surface area (Å²) in [5, 5.41) is 4.32. The van der Waals surface area contributed by atoms with E-state index in [1.807, 2.05) is 0 Å². The molecule has 1 aliphatic carbocycles. The summed E-state index contributed by atoms with van der Waals surface area (Å²) in [4.78, 5) is 7.24. The second kappa shape index (κ2) is 5.56. The Labute approximate surface area is 155 Å². The van der Waals surface area contributed by atoms with Crippen molar-refractivity contribution in [2.24, 2.45) is 0 Å². The van der Waals surface area contributed by atoms with E-state index < -0.39 is 0 Å². The molecule has 0 spiro atoms. The molecule has 0 radical (unpaired) electrons. The summed E-state index contributed by atoms with van der Waals surface area (Å²) in [6.45, 7) is 1.79. The van der Waals surface area contributed by atoms with E-state index in [1.165, 1.54) is 11.1 Å². The highest BCUT2D eigenvalue weighted by atomic mass is 32.1. The molecule has 2 atom stereocenters. The molecule has 2 aromatic heterocycles. The standard InChI is InChI=1S/C21H18N2O2S/c1-2-4-13(3-1)14-5-6-19-15(7-14)8-20(25-19)18-12-26-21(22-18)23-10-17-9-16(23)11-24-17/h1-3,5-8,12,16-17H,4,9-11H2.